The van der Waals surface area contributed by atoms with Crippen molar-refractivity contribution in [2.75, 3.05) is 23.9 Å². The molecule has 0 aromatic heterocycles. The van der Waals surface area contributed by atoms with E-state index >= 15 is 0 Å². The second-order valence-corrected chi connectivity index (χ2v) is 6.24. The second kappa shape index (κ2) is 17.3. The Morgan fingerprint density at radius 3 is 1.90 bits per heavy atom. The predicted molar refractivity (Wildman–Crippen MR) is 152 cm³/mol. The summed E-state index contributed by atoms with van der Waals surface area (Å²) in [5.41, 5.74) is 6.76. The molecule has 2 aromatic carbocycles. The SMILES string of the molecule is C.C.C.C/C=C\CC.CC.CC.CN1C=CB2c3ccccc3N(C)c3cccc1c32. The smallest absolute Gasteiger partial charge is 0.243 e. The largest absolute Gasteiger partial charge is 0.353 e. The monoisotopic (exact) mass is 424 g/mol. The molecule has 0 fully saturated rings. The number of anilines is 3. The number of allylic oxidation sites excluding steroid dienone is 2. The molecule has 0 saturated heterocycles. The van der Waals surface area contributed by atoms with Crippen molar-refractivity contribution >= 4 is 34.7 Å². The second-order valence-electron chi connectivity index (χ2n) is 6.24. The fourth-order valence-electron chi connectivity index (χ4n) is 3.53. The van der Waals surface area contributed by atoms with Crippen molar-refractivity contribution in [1.82, 2.24) is 0 Å². The van der Waals surface area contributed by atoms with E-state index in [1.807, 2.05) is 34.6 Å². The summed E-state index contributed by atoms with van der Waals surface area (Å²) < 4.78 is 0. The number of para-hydroxylation sites is 1. The van der Waals surface area contributed by atoms with Gasteiger partial charge in [0.05, 0.1) is 0 Å². The highest BCUT2D eigenvalue weighted by molar-refractivity contribution is 6.93. The first kappa shape index (κ1) is 33.2. The van der Waals surface area contributed by atoms with Gasteiger partial charge in [0, 0.05) is 31.2 Å². The molecule has 0 unspecified atom stereocenters. The summed E-state index contributed by atoms with van der Waals surface area (Å²) in [7, 11) is 4.27. The van der Waals surface area contributed by atoms with Gasteiger partial charge in [-0.1, -0.05) is 99.3 Å². The number of nitrogens with zero attached hydrogens (tertiary/aromatic N) is 2. The van der Waals surface area contributed by atoms with E-state index in [9.17, 15) is 0 Å². The molecule has 2 aliphatic heterocycles. The van der Waals surface area contributed by atoms with Crippen LogP contribution in [0.4, 0.5) is 17.1 Å². The van der Waals surface area contributed by atoms with Gasteiger partial charge in [-0.25, -0.2) is 0 Å². The van der Waals surface area contributed by atoms with E-state index in [1.54, 1.807) is 0 Å². The molecule has 2 heterocycles. The first-order chi connectivity index (χ1) is 13.7. The maximum absolute atomic E-state index is 2.30. The quantitative estimate of drug-likeness (QED) is 0.340. The number of benzene rings is 2. The molecule has 2 aromatic rings. The van der Waals surface area contributed by atoms with Crippen molar-refractivity contribution in [1.29, 1.82) is 0 Å². The fourth-order valence-corrected chi connectivity index (χ4v) is 3.53. The van der Waals surface area contributed by atoms with Crippen molar-refractivity contribution in [2.24, 2.45) is 0 Å². The van der Waals surface area contributed by atoms with E-state index in [1.165, 1.54) is 28.0 Å². The minimum Gasteiger partial charge on any atom is -0.353 e. The van der Waals surface area contributed by atoms with Crippen LogP contribution in [0.5, 0.6) is 0 Å². The lowest BCUT2D eigenvalue weighted by molar-refractivity contribution is 1.18. The highest BCUT2D eigenvalue weighted by atomic mass is 15.1. The van der Waals surface area contributed by atoms with Crippen LogP contribution < -0.4 is 20.7 Å². The number of hydrogen-bond acceptors (Lipinski definition) is 2. The average molecular weight is 425 g/mol. The molecule has 2 nitrogen and oxygen atoms in total. The van der Waals surface area contributed by atoms with Crippen molar-refractivity contribution in [3.05, 3.63) is 66.8 Å². The standard InChI is InChI=1S/C16H15BN2.C5H10.2C2H6.3CH4/c1-18-11-10-17-12-6-3-4-7-13(12)19(2)15-9-5-8-14(18)16(15)17;1-3-5-4-2;2*1-2;;;/h3-11H,1-2H3;3,5H,4H2,1-2H3;2*1-2H3;3*1H4/b;5-3-;;;;;. The molecule has 2 aliphatic rings. The van der Waals surface area contributed by atoms with Gasteiger partial charge in [0.25, 0.3) is 0 Å². The Bertz CT molecular complexity index is 780. The molecule has 4 rings (SSSR count). The van der Waals surface area contributed by atoms with Gasteiger partial charge in [0.1, 0.15) is 0 Å². The molecule has 0 amide bonds. The third-order valence-electron chi connectivity index (χ3n) is 4.72. The van der Waals surface area contributed by atoms with Crippen LogP contribution in [-0.4, -0.2) is 20.8 Å². The van der Waals surface area contributed by atoms with Gasteiger partial charge in [-0.05, 0) is 48.7 Å². The number of fused-ring (bicyclic) bond motifs is 2. The highest BCUT2D eigenvalue weighted by Gasteiger charge is 2.34. The highest BCUT2D eigenvalue weighted by Crippen LogP contribution is 2.31. The molecule has 174 valence electrons. The fraction of sp³-hybridized carbons (Fsp3) is 0.429. The molecule has 0 spiro atoms. The van der Waals surface area contributed by atoms with Crippen molar-refractivity contribution in [2.45, 2.75) is 70.2 Å². The van der Waals surface area contributed by atoms with E-state index in [-0.39, 0.29) is 22.3 Å². The third kappa shape index (κ3) is 7.34. The minimum atomic E-state index is 0. The Morgan fingerprint density at radius 2 is 1.35 bits per heavy atom. The summed E-state index contributed by atoms with van der Waals surface area (Å²) in [4.78, 5) is 4.51. The average Bonchev–Trinajstić information content (AvgIpc) is 2.77. The summed E-state index contributed by atoms with van der Waals surface area (Å²) in [6.07, 6.45) is 7.52. The maximum Gasteiger partial charge on any atom is 0.243 e. The number of hydrogen-bond donors (Lipinski definition) is 0. The molecule has 0 radical (unpaired) electrons. The lowest BCUT2D eigenvalue weighted by Crippen LogP contribution is -2.52. The Balaban J connectivity index is -0.000000576. The van der Waals surface area contributed by atoms with Gasteiger partial charge in [-0.3, -0.25) is 0 Å². The third-order valence-corrected chi connectivity index (χ3v) is 4.72. The molecule has 0 saturated carbocycles. The Kier molecular flexibility index (Phi) is 18.5. The van der Waals surface area contributed by atoms with Crippen LogP contribution in [-0.2, 0) is 0 Å². The van der Waals surface area contributed by atoms with Gasteiger partial charge in [-0.15, -0.1) is 0 Å². The molecular formula is C28H49BN2. The van der Waals surface area contributed by atoms with Gasteiger partial charge >= 0.3 is 0 Å². The van der Waals surface area contributed by atoms with E-state index in [0.29, 0.717) is 6.71 Å². The van der Waals surface area contributed by atoms with Gasteiger partial charge in [0.15, 0.2) is 0 Å². The van der Waals surface area contributed by atoms with Crippen LogP contribution >= 0.6 is 0 Å². The summed E-state index contributed by atoms with van der Waals surface area (Å²) >= 11 is 0. The van der Waals surface area contributed by atoms with Crippen LogP contribution in [0.3, 0.4) is 0 Å². The summed E-state index contributed by atoms with van der Waals surface area (Å²) in [6.45, 7) is 12.5. The van der Waals surface area contributed by atoms with Crippen LogP contribution in [0.2, 0.25) is 0 Å². The lowest BCUT2D eigenvalue weighted by Gasteiger charge is -2.37. The van der Waals surface area contributed by atoms with Crippen LogP contribution in [0, 0.1) is 0 Å². The summed E-state index contributed by atoms with van der Waals surface area (Å²) in [6, 6.07) is 15.3. The van der Waals surface area contributed by atoms with Crippen molar-refractivity contribution in [3.63, 3.8) is 0 Å². The minimum absolute atomic E-state index is 0. The van der Waals surface area contributed by atoms with Crippen LogP contribution in [0.1, 0.15) is 70.2 Å². The van der Waals surface area contributed by atoms with Crippen molar-refractivity contribution in [3.8, 4) is 0 Å². The summed E-state index contributed by atoms with van der Waals surface area (Å²) in [5, 5.41) is 0. The first-order valence-corrected chi connectivity index (χ1v) is 10.7. The molecule has 3 heteroatoms. The van der Waals surface area contributed by atoms with Crippen LogP contribution in [0.15, 0.2) is 66.8 Å². The molecule has 0 atom stereocenters. The molecule has 0 bridgehead atoms. The topological polar surface area (TPSA) is 6.48 Å². The number of rotatable bonds is 1. The molecular weight excluding hydrogens is 375 g/mol. The Hall–Kier alpha value is -2.42. The predicted octanol–water partition coefficient (Wildman–Crippen LogP) is 7.81. The van der Waals surface area contributed by atoms with E-state index in [2.05, 4.69) is 97.6 Å². The molecule has 31 heavy (non-hydrogen) atoms. The van der Waals surface area contributed by atoms with E-state index in [4.69, 9.17) is 0 Å². The zero-order chi connectivity index (χ0) is 21.1. The summed E-state index contributed by atoms with van der Waals surface area (Å²) in [5.74, 6) is 2.30. The van der Waals surface area contributed by atoms with Crippen molar-refractivity contribution < 1.29 is 0 Å². The molecule has 0 N–H and O–H groups in total. The Morgan fingerprint density at radius 1 is 0.806 bits per heavy atom. The van der Waals surface area contributed by atoms with E-state index < -0.39 is 0 Å². The maximum atomic E-state index is 2.30. The van der Waals surface area contributed by atoms with Gasteiger partial charge < -0.3 is 9.80 Å². The zero-order valence-corrected chi connectivity index (χ0v) is 19.0. The lowest BCUT2D eigenvalue weighted by atomic mass is 9.38. The first-order valence-electron chi connectivity index (χ1n) is 10.7. The normalized spacial score (nSPS) is 11.4. The molecule has 0 aliphatic carbocycles. The zero-order valence-electron chi connectivity index (χ0n) is 19.0. The Labute approximate surface area is 195 Å². The van der Waals surface area contributed by atoms with E-state index in [0.717, 1.165) is 6.42 Å². The van der Waals surface area contributed by atoms with Gasteiger partial charge in [-0.2, -0.15) is 0 Å². The van der Waals surface area contributed by atoms with Gasteiger partial charge in [0.2, 0.25) is 6.71 Å². The van der Waals surface area contributed by atoms with Crippen LogP contribution in [0.25, 0.3) is 0 Å².